The van der Waals surface area contributed by atoms with E-state index in [1.165, 1.54) is 0 Å². The van der Waals surface area contributed by atoms with Gasteiger partial charge >= 0.3 is 0 Å². The number of rotatable bonds is 5. The van der Waals surface area contributed by atoms with Crippen molar-refractivity contribution >= 4 is 10.0 Å². The van der Waals surface area contributed by atoms with Crippen LogP contribution in [0.2, 0.25) is 0 Å². The zero-order chi connectivity index (χ0) is 15.5. The van der Waals surface area contributed by atoms with Crippen LogP contribution < -0.4 is 5.73 Å². The Kier molecular flexibility index (Phi) is 5.41. The number of benzene rings is 1. The molecule has 0 heterocycles. The third kappa shape index (κ3) is 4.28. The molecule has 1 aromatic rings. The molecular weight excluding hydrogens is 284 g/mol. The van der Waals surface area contributed by atoms with Gasteiger partial charge in [-0.2, -0.15) is 0 Å². The molecule has 1 saturated carbocycles. The fraction of sp³-hybridized carbons (Fsp3) is 0.625. The monoisotopic (exact) mass is 310 g/mol. The average Bonchev–Trinajstić information content (AvgIpc) is 2.47. The van der Waals surface area contributed by atoms with Crippen molar-refractivity contribution in [2.75, 3.05) is 7.05 Å². The zero-order valence-corrected chi connectivity index (χ0v) is 13.8. The molecule has 21 heavy (non-hydrogen) atoms. The van der Waals surface area contributed by atoms with E-state index in [1.807, 2.05) is 24.3 Å². The van der Waals surface area contributed by atoms with Crippen LogP contribution >= 0.6 is 0 Å². The van der Waals surface area contributed by atoms with Crippen LogP contribution in [-0.4, -0.2) is 25.8 Å². The van der Waals surface area contributed by atoms with Crippen molar-refractivity contribution in [3.63, 3.8) is 0 Å². The summed E-state index contributed by atoms with van der Waals surface area (Å²) >= 11 is 0. The number of hydrogen-bond donors (Lipinski definition) is 1. The fourth-order valence-corrected chi connectivity index (χ4v) is 4.46. The summed E-state index contributed by atoms with van der Waals surface area (Å²) < 4.78 is 26.7. The maximum absolute atomic E-state index is 12.6. The molecule has 0 atom stereocenters. The van der Waals surface area contributed by atoms with E-state index in [-0.39, 0.29) is 11.8 Å². The molecule has 0 radical (unpaired) electrons. The minimum Gasteiger partial charge on any atom is -0.326 e. The van der Waals surface area contributed by atoms with Gasteiger partial charge in [-0.15, -0.1) is 0 Å². The van der Waals surface area contributed by atoms with Crippen LogP contribution in [0.5, 0.6) is 0 Å². The lowest BCUT2D eigenvalue weighted by atomic mass is 9.87. The van der Waals surface area contributed by atoms with Gasteiger partial charge in [0.2, 0.25) is 10.0 Å². The second kappa shape index (κ2) is 6.90. The van der Waals surface area contributed by atoms with Crippen LogP contribution in [0.1, 0.15) is 43.7 Å². The molecule has 0 saturated heterocycles. The molecule has 1 aliphatic rings. The van der Waals surface area contributed by atoms with Crippen LogP contribution in [0.4, 0.5) is 0 Å². The molecule has 2 rings (SSSR count). The van der Waals surface area contributed by atoms with E-state index in [1.54, 1.807) is 11.4 Å². The van der Waals surface area contributed by atoms with Crippen molar-refractivity contribution < 1.29 is 8.42 Å². The maximum atomic E-state index is 12.6. The normalized spacial score (nSPS) is 23.4. The highest BCUT2D eigenvalue weighted by atomic mass is 32.2. The third-order valence-corrected chi connectivity index (χ3v) is 6.39. The molecule has 4 nitrogen and oxygen atoms in total. The molecule has 118 valence electrons. The summed E-state index contributed by atoms with van der Waals surface area (Å²) in [5.74, 6) is 0.780. The van der Waals surface area contributed by atoms with Gasteiger partial charge in [0.25, 0.3) is 0 Å². The predicted octanol–water partition coefficient (Wildman–Crippen LogP) is 2.49. The molecule has 0 bridgehead atoms. The molecule has 0 aliphatic heterocycles. The molecule has 1 aromatic carbocycles. The lowest BCUT2D eigenvalue weighted by Gasteiger charge is -2.32. The maximum Gasteiger partial charge on any atom is 0.218 e. The van der Waals surface area contributed by atoms with Crippen molar-refractivity contribution in [2.45, 2.75) is 50.9 Å². The lowest BCUT2D eigenvalue weighted by molar-refractivity contribution is 0.246. The van der Waals surface area contributed by atoms with Crippen LogP contribution in [0.3, 0.4) is 0 Å². The van der Waals surface area contributed by atoms with E-state index in [4.69, 9.17) is 5.73 Å². The van der Waals surface area contributed by atoms with Gasteiger partial charge in [0.1, 0.15) is 0 Å². The van der Waals surface area contributed by atoms with Gasteiger partial charge in [-0.05, 0) is 42.7 Å². The van der Waals surface area contributed by atoms with E-state index in [0.717, 1.165) is 42.7 Å². The summed E-state index contributed by atoms with van der Waals surface area (Å²) in [6.07, 6.45) is 4.18. The van der Waals surface area contributed by atoms with Crippen LogP contribution in [0, 0.1) is 5.92 Å². The lowest BCUT2D eigenvalue weighted by Crippen LogP contribution is -2.39. The highest BCUT2D eigenvalue weighted by molar-refractivity contribution is 7.88. The van der Waals surface area contributed by atoms with Gasteiger partial charge in [0.05, 0.1) is 5.75 Å². The minimum atomic E-state index is -3.26. The van der Waals surface area contributed by atoms with Gasteiger partial charge in [-0.25, -0.2) is 12.7 Å². The summed E-state index contributed by atoms with van der Waals surface area (Å²) in [5, 5.41) is 0. The second-order valence-electron chi connectivity index (χ2n) is 6.21. The van der Waals surface area contributed by atoms with Crippen molar-refractivity contribution in [2.24, 2.45) is 11.7 Å². The number of sulfonamides is 1. The predicted molar refractivity (Wildman–Crippen MR) is 86.1 cm³/mol. The first-order chi connectivity index (χ1) is 9.92. The second-order valence-corrected chi connectivity index (χ2v) is 8.24. The smallest absolute Gasteiger partial charge is 0.218 e. The number of nitrogens with two attached hydrogens (primary N) is 1. The Hall–Kier alpha value is -0.910. The summed E-state index contributed by atoms with van der Waals surface area (Å²) in [5.41, 5.74) is 7.40. The van der Waals surface area contributed by atoms with Crippen molar-refractivity contribution in [3.05, 3.63) is 35.4 Å². The molecule has 0 aromatic heterocycles. The van der Waals surface area contributed by atoms with E-state index in [9.17, 15) is 8.42 Å². The summed E-state index contributed by atoms with van der Waals surface area (Å²) in [7, 11) is -1.54. The largest absolute Gasteiger partial charge is 0.326 e. The minimum absolute atomic E-state index is 0.0589. The summed E-state index contributed by atoms with van der Waals surface area (Å²) in [6.45, 7) is 2.67. The summed E-state index contributed by atoms with van der Waals surface area (Å²) in [6, 6.07) is 7.68. The Labute approximate surface area is 128 Å². The Bertz CT molecular complexity index is 563. The molecular formula is C16H26N2O2S. The molecule has 1 fully saturated rings. The quantitative estimate of drug-likeness (QED) is 0.909. The molecule has 1 aliphatic carbocycles. The van der Waals surface area contributed by atoms with Crippen molar-refractivity contribution in [1.29, 1.82) is 0 Å². The van der Waals surface area contributed by atoms with Crippen LogP contribution in [0.15, 0.2) is 24.3 Å². The standard InChI is InChI=1S/C16H26N2O2S/c1-13-6-8-16(9-7-13)18(2)21(19,20)12-15-5-3-4-14(10-15)11-17/h3-5,10,13,16H,6-9,11-12,17H2,1-2H3. The number of nitrogens with zero attached hydrogens (tertiary/aromatic N) is 1. The van der Waals surface area contributed by atoms with Gasteiger partial charge < -0.3 is 5.73 Å². The molecule has 0 unspecified atom stereocenters. The Morgan fingerprint density at radius 1 is 1.19 bits per heavy atom. The highest BCUT2D eigenvalue weighted by Gasteiger charge is 2.29. The third-order valence-electron chi connectivity index (χ3n) is 4.51. The van der Waals surface area contributed by atoms with E-state index >= 15 is 0 Å². The SMILES string of the molecule is CC1CCC(N(C)S(=O)(=O)Cc2cccc(CN)c2)CC1. The first-order valence-electron chi connectivity index (χ1n) is 7.66. The first kappa shape index (κ1) is 16.5. The van der Waals surface area contributed by atoms with Crippen LogP contribution in [-0.2, 0) is 22.3 Å². The average molecular weight is 310 g/mol. The van der Waals surface area contributed by atoms with Crippen molar-refractivity contribution in [1.82, 2.24) is 4.31 Å². The van der Waals surface area contributed by atoms with Crippen molar-refractivity contribution in [3.8, 4) is 0 Å². The zero-order valence-electron chi connectivity index (χ0n) is 13.0. The van der Waals surface area contributed by atoms with Gasteiger partial charge in [0, 0.05) is 19.6 Å². The van der Waals surface area contributed by atoms with E-state index < -0.39 is 10.0 Å². The molecule has 0 amide bonds. The van der Waals surface area contributed by atoms with E-state index in [2.05, 4.69) is 6.92 Å². The fourth-order valence-electron chi connectivity index (χ4n) is 2.99. The Morgan fingerprint density at radius 2 is 1.81 bits per heavy atom. The highest BCUT2D eigenvalue weighted by Crippen LogP contribution is 2.28. The van der Waals surface area contributed by atoms with Gasteiger partial charge in [-0.1, -0.05) is 31.2 Å². The summed E-state index contributed by atoms with van der Waals surface area (Å²) in [4.78, 5) is 0. The molecule has 5 heteroatoms. The van der Waals surface area contributed by atoms with Crippen LogP contribution in [0.25, 0.3) is 0 Å². The topological polar surface area (TPSA) is 63.4 Å². The van der Waals surface area contributed by atoms with E-state index in [0.29, 0.717) is 6.54 Å². The number of hydrogen-bond acceptors (Lipinski definition) is 3. The van der Waals surface area contributed by atoms with Gasteiger partial charge in [-0.3, -0.25) is 0 Å². The van der Waals surface area contributed by atoms with Gasteiger partial charge in [0.15, 0.2) is 0 Å². The molecule has 2 N–H and O–H groups in total. The Balaban J connectivity index is 2.06. The first-order valence-corrected chi connectivity index (χ1v) is 9.27. The Morgan fingerprint density at radius 3 is 2.43 bits per heavy atom. The molecule has 0 spiro atoms.